The number of likely N-dealkylation sites (tertiary alicyclic amines) is 1. The highest BCUT2D eigenvalue weighted by molar-refractivity contribution is 7.89. The quantitative estimate of drug-likeness (QED) is 0.565. The first-order valence-corrected chi connectivity index (χ1v) is 13.3. The Morgan fingerprint density at radius 1 is 1.06 bits per heavy atom. The summed E-state index contributed by atoms with van der Waals surface area (Å²) < 4.78 is 28.9. The van der Waals surface area contributed by atoms with Crippen LogP contribution in [-0.4, -0.2) is 59.4 Å². The van der Waals surface area contributed by atoms with Crippen molar-refractivity contribution in [3.8, 4) is 0 Å². The lowest BCUT2D eigenvalue weighted by molar-refractivity contribution is 0.106. The fourth-order valence-electron chi connectivity index (χ4n) is 5.64. The predicted octanol–water partition coefficient (Wildman–Crippen LogP) is 3.16. The Kier molecular flexibility index (Phi) is 5.16. The van der Waals surface area contributed by atoms with Crippen molar-refractivity contribution in [3.05, 3.63) is 83.3 Å². The molecule has 2 aromatic carbocycles. The number of imidazole rings is 1. The van der Waals surface area contributed by atoms with E-state index in [0.29, 0.717) is 25.0 Å². The van der Waals surface area contributed by atoms with Gasteiger partial charge in [-0.05, 0) is 54.6 Å². The van der Waals surface area contributed by atoms with Crippen LogP contribution in [0.1, 0.15) is 40.5 Å². The molecule has 6 rings (SSSR count). The van der Waals surface area contributed by atoms with E-state index in [-0.39, 0.29) is 10.9 Å². The monoisotopic (exact) mass is 462 g/mol. The molecular formula is C26H30N4O2S. The summed E-state index contributed by atoms with van der Waals surface area (Å²) in [6, 6.07) is 18.3. The number of aromatic nitrogens is 2. The number of aryl methyl sites for hydroxylation is 1. The molecule has 1 aromatic heterocycles. The zero-order valence-corrected chi connectivity index (χ0v) is 19.8. The standard InChI is InChI=1S/C26H30N4O2S/c1-28-17-26(27-18-28)33(31,32)30-15-22(16-30)20-8-9-21-14-25(29-10-5-11-29)24(23(21)13-20)12-19-6-3-2-4-7-19/h2-4,6-9,13,17-18,22,24-25H,5,10-12,14-16H2,1H3. The predicted molar refractivity (Wildman–Crippen MR) is 128 cm³/mol. The second-order valence-corrected chi connectivity index (χ2v) is 11.7. The van der Waals surface area contributed by atoms with Gasteiger partial charge in [0.1, 0.15) is 0 Å². The number of sulfonamides is 1. The summed E-state index contributed by atoms with van der Waals surface area (Å²) in [6.07, 6.45) is 6.59. The van der Waals surface area contributed by atoms with Gasteiger partial charge in [-0.15, -0.1) is 0 Å². The molecule has 6 nitrogen and oxygen atoms in total. The SMILES string of the molecule is Cn1cnc(S(=O)(=O)N2CC(c3ccc4c(c3)C(Cc3ccccc3)C(N3CCC3)C4)C2)c1. The largest absolute Gasteiger partial charge is 0.339 e. The third kappa shape index (κ3) is 3.72. The Morgan fingerprint density at radius 2 is 1.85 bits per heavy atom. The highest BCUT2D eigenvalue weighted by atomic mass is 32.2. The molecule has 0 bridgehead atoms. The van der Waals surface area contributed by atoms with Crippen LogP contribution in [0.25, 0.3) is 0 Å². The van der Waals surface area contributed by atoms with Gasteiger partial charge in [-0.2, -0.15) is 4.31 Å². The summed E-state index contributed by atoms with van der Waals surface area (Å²) in [5, 5.41) is 0.137. The van der Waals surface area contributed by atoms with Gasteiger partial charge < -0.3 is 4.57 Å². The van der Waals surface area contributed by atoms with E-state index in [1.165, 1.54) is 48.1 Å². The lowest BCUT2D eigenvalue weighted by Gasteiger charge is -2.40. The van der Waals surface area contributed by atoms with Gasteiger partial charge in [0.15, 0.2) is 5.03 Å². The van der Waals surface area contributed by atoms with Crippen molar-refractivity contribution < 1.29 is 8.42 Å². The molecule has 2 saturated heterocycles. The molecule has 0 radical (unpaired) electrons. The van der Waals surface area contributed by atoms with Crippen molar-refractivity contribution in [2.75, 3.05) is 26.2 Å². The third-order valence-corrected chi connectivity index (χ3v) is 9.44. The van der Waals surface area contributed by atoms with E-state index in [1.54, 1.807) is 22.1 Å². The van der Waals surface area contributed by atoms with Gasteiger partial charge in [0.25, 0.3) is 10.0 Å². The van der Waals surface area contributed by atoms with Crippen LogP contribution >= 0.6 is 0 Å². The van der Waals surface area contributed by atoms with Crippen molar-refractivity contribution in [2.24, 2.45) is 7.05 Å². The lowest BCUT2D eigenvalue weighted by Crippen LogP contribution is -2.48. The number of fused-ring (bicyclic) bond motifs is 1. The minimum Gasteiger partial charge on any atom is -0.339 e. The summed E-state index contributed by atoms with van der Waals surface area (Å²) in [5.74, 6) is 0.741. The van der Waals surface area contributed by atoms with E-state index in [4.69, 9.17) is 0 Å². The average Bonchev–Trinajstić information content (AvgIpc) is 3.31. The van der Waals surface area contributed by atoms with Gasteiger partial charge >= 0.3 is 0 Å². The maximum atomic E-state index is 12.8. The van der Waals surface area contributed by atoms with Gasteiger partial charge in [0.2, 0.25) is 0 Å². The van der Waals surface area contributed by atoms with Crippen molar-refractivity contribution in [1.29, 1.82) is 0 Å². The van der Waals surface area contributed by atoms with Crippen LogP contribution in [0.15, 0.2) is 66.1 Å². The van der Waals surface area contributed by atoms with E-state index in [1.807, 2.05) is 0 Å². The molecule has 3 heterocycles. The smallest absolute Gasteiger partial charge is 0.262 e. The summed E-state index contributed by atoms with van der Waals surface area (Å²) in [4.78, 5) is 6.70. The van der Waals surface area contributed by atoms with Crippen LogP contribution in [-0.2, 0) is 29.9 Å². The highest BCUT2D eigenvalue weighted by Crippen LogP contribution is 2.42. The lowest BCUT2D eigenvalue weighted by atomic mass is 9.86. The molecule has 2 fully saturated rings. The van der Waals surface area contributed by atoms with Gasteiger partial charge in [0.05, 0.1) is 6.33 Å². The normalized spacial score (nSPS) is 23.8. The molecule has 3 aromatic rings. The van der Waals surface area contributed by atoms with E-state index in [0.717, 1.165) is 12.8 Å². The molecule has 2 unspecified atom stereocenters. The second kappa shape index (κ2) is 8.08. The molecule has 172 valence electrons. The fourth-order valence-corrected chi connectivity index (χ4v) is 7.14. The first kappa shape index (κ1) is 21.1. The van der Waals surface area contributed by atoms with E-state index in [2.05, 4.69) is 58.4 Å². The van der Waals surface area contributed by atoms with Gasteiger partial charge in [-0.25, -0.2) is 13.4 Å². The molecule has 7 heteroatoms. The van der Waals surface area contributed by atoms with Crippen LogP contribution in [0.3, 0.4) is 0 Å². The van der Waals surface area contributed by atoms with Crippen LogP contribution in [0, 0.1) is 0 Å². The molecule has 0 saturated carbocycles. The Labute approximate surface area is 195 Å². The number of hydrogen-bond acceptors (Lipinski definition) is 4. The minimum atomic E-state index is -3.51. The molecule has 2 aliphatic heterocycles. The maximum Gasteiger partial charge on any atom is 0.262 e. The van der Waals surface area contributed by atoms with E-state index in [9.17, 15) is 8.42 Å². The molecule has 0 N–H and O–H groups in total. The summed E-state index contributed by atoms with van der Waals surface area (Å²) >= 11 is 0. The molecule has 0 spiro atoms. The minimum absolute atomic E-state index is 0.137. The van der Waals surface area contributed by atoms with E-state index >= 15 is 0 Å². The zero-order chi connectivity index (χ0) is 22.6. The Balaban J connectivity index is 1.23. The fraction of sp³-hybridized carbons (Fsp3) is 0.423. The number of hydrogen-bond donors (Lipinski definition) is 0. The Hall–Kier alpha value is -2.48. The maximum absolute atomic E-state index is 12.8. The van der Waals surface area contributed by atoms with Crippen molar-refractivity contribution in [2.45, 2.75) is 42.2 Å². The summed E-state index contributed by atoms with van der Waals surface area (Å²) in [7, 11) is -1.72. The Bertz CT molecular complexity index is 1260. The first-order chi connectivity index (χ1) is 16.0. The van der Waals surface area contributed by atoms with Crippen LogP contribution in [0.2, 0.25) is 0 Å². The molecule has 0 amide bonds. The molecule has 3 aliphatic rings. The number of nitrogens with zero attached hydrogens (tertiary/aromatic N) is 4. The van der Waals surface area contributed by atoms with Gasteiger partial charge in [-0.1, -0.05) is 48.5 Å². The van der Waals surface area contributed by atoms with Gasteiger partial charge in [-0.3, -0.25) is 4.90 Å². The van der Waals surface area contributed by atoms with E-state index < -0.39 is 10.0 Å². The van der Waals surface area contributed by atoms with Crippen LogP contribution in [0.4, 0.5) is 0 Å². The number of benzene rings is 2. The second-order valence-electron chi connectivity index (χ2n) is 9.81. The van der Waals surface area contributed by atoms with Crippen molar-refractivity contribution in [3.63, 3.8) is 0 Å². The first-order valence-electron chi connectivity index (χ1n) is 11.9. The van der Waals surface area contributed by atoms with Crippen LogP contribution in [0.5, 0.6) is 0 Å². The number of rotatable bonds is 6. The van der Waals surface area contributed by atoms with Gasteiger partial charge in [0, 0.05) is 44.2 Å². The zero-order valence-electron chi connectivity index (χ0n) is 19.0. The average molecular weight is 463 g/mol. The molecule has 2 atom stereocenters. The summed E-state index contributed by atoms with van der Waals surface area (Å²) in [6.45, 7) is 3.47. The molecule has 33 heavy (non-hydrogen) atoms. The summed E-state index contributed by atoms with van der Waals surface area (Å²) in [5.41, 5.74) is 5.60. The highest BCUT2D eigenvalue weighted by Gasteiger charge is 2.41. The third-order valence-electron chi connectivity index (χ3n) is 7.73. The van der Waals surface area contributed by atoms with Crippen LogP contribution < -0.4 is 0 Å². The van der Waals surface area contributed by atoms with Crippen molar-refractivity contribution in [1.82, 2.24) is 18.8 Å². The molecule has 1 aliphatic carbocycles. The van der Waals surface area contributed by atoms with Crippen molar-refractivity contribution >= 4 is 10.0 Å². The topological polar surface area (TPSA) is 58.4 Å². The molecular weight excluding hydrogens is 432 g/mol. The Morgan fingerprint density at radius 3 is 2.52 bits per heavy atom.